The Morgan fingerprint density at radius 1 is 1.17 bits per heavy atom. The molecule has 11 nitrogen and oxygen atoms in total. The Morgan fingerprint density at radius 3 is 2.36 bits per heavy atom. The second kappa shape index (κ2) is 12.0. The first-order chi connectivity index (χ1) is 16.7. The van der Waals surface area contributed by atoms with Crippen molar-refractivity contribution in [1.82, 2.24) is 10.2 Å². The van der Waals surface area contributed by atoms with E-state index in [1.165, 1.54) is 25.0 Å². The minimum atomic E-state index is -4.10. The van der Waals surface area contributed by atoms with E-state index in [9.17, 15) is 28.1 Å². The largest absolute Gasteiger partial charge is 0.495 e. The summed E-state index contributed by atoms with van der Waals surface area (Å²) in [6.07, 6.45) is 0.870. The van der Waals surface area contributed by atoms with Crippen LogP contribution in [0.4, 0.5) is 11.4 Å². The van der Waals surface area contributed by atoms with Gasteiger partial charge in [-0.25, -0.2) is 8.42 Å². The van der Waals surface area contributed by atoms with E-state index in [4.69, 9.17) is 16.3 Å². The predicted octanol–water partition coefficient (Wildman–Crippen LogP) is 2.96. The molecule has 1 atom stereocenters. The van der Waals surface area contributed by atoms with Crippen LogP contribution in [0.15, 0.2) is 42.5 Å². The number of nitro groups is 1. The zero-order valence-electron chi connectivity index (χ0n) is 20.6. The Hall–Kier alpha value is -3.38. The Labute approximate surface area is 215 Å². The number of amides is 2. The number of anilines is 1. The maximum atomic E-state index is 13.5. The molecule has 0 bridgehead atoms. The summed E-state index contributed by atoms with van der Waals surface area (Å²) in [7, 11) is -2.83. The summed E-state index contributed by atoms with van der Waals surface area (Å²) in [5, 5.41) is 14.5. The number of ether oxygens (including phenoxy) is 1. The molecule has 2 amide bonds. The molecule has 196 valence electrons. The van der Waals surface area contributed by atoms with Gasteiger partial charge in [-0.15, -0.1) is 0 Å². The number of sulfonamides is 1. The van der Waals surface area contributed by atoms with Crippen LogP contribution in [0, 0.1) is 10.1 Å². The first kappa shape index (κ1) is 28.9. The van der Waals surface area contributed by atoms with Gasteiger partial charge < -0.3 is 15.0 Å². The fourth-order valence-electron chi connectivity index (χ4n) is 3.40. The maximum Gasteiger partial charge on any atom is 0.271 e. The van der Waals surface area contributed by atoms with Gasteiger partial charge in [-0.2, -0.15) is 0 Å². The van der Waals surface area contributed by atoms with Gasteiger partial charge in [0.15, 0.2) is 0 Å². The van der Waals surface area contributed by atoms with Gasteiger partial charge in [0.25, 0.3) is 5.69 Å². The smallest absolute Gasteiger partial charge is 0.271 e. The van der Waals surface area contributed by atoms with Crippen molar-refractivity contribution in [2.24, 2.45) is 0 Å². The zero-order valence-corrected chi connectivity index (χ0v) is 22.2. The van der Waals surface area contributed by atoms with Crippen LogP contribution in [0.3, 0.4) is 0 Å². The third-order valence-corrected chi connectivity index (χ3v) is 6.52. The number of non-ortho nitro benzene ring substituents is 1. The number of benzene rings is 2. The summed E-state index contributed by atoms with van der Waals surface area (Å²) < 4.78 is 31.4. The quantitative estimate of drug-likeness (QED) is 0.341. The lowest BCUT2D eigenvalue weighted by atomic mass is 10.1. The van der Waals surface area contributed by atoms with E-state index in [-0.39, 0.29) is 29.7 Å². The summed E-state index contributed by atoms with van der Waals surface area (Å²) in [5.41, 5.74) is 0.0655. The maximum absolute atomic E-state index is 13.5. The number of nitro benzene ring substituents is 1. The third kappa shape index (κ3) is 7.56. The van der Waals surface area contributed by atoms with Crippen LogP contribution >= 0.6 is 11.6 Å². The van der Waals surface area contributed by atoms with E-state index in [1.54, 1.807) is 38.1 Å². The lowest BCUT2D eigenvalue weighted by molar-refractivity contribution is -0.384. The first-order valence-electron chi connectivity index (χ1n) is 10.9. The van der Waals surface area contributed by atoms with Crippen molar-refractivity contribution < 1.29 is 27.7 Å². The SMILES string of the molecule is COc1ccc([N+](=O)[O-])cc1N(CC(=O)N(Cc1cccc(Cl)c1)C(C)C(=O)NC(C)C)S(C)(=O)=O. The molecule has 0 radical (unpaired) electrons. The van der Waals surface area contributed by atoms with E-state index in [0.717, 1.165) is 22.7 Å². The topological polar surface area (TPSA) is 139 Å². The molecule has 0 aliphatic rings. The van der Waals surface area contributed by atoms with Crippen molar-refractivity contribution in [2.45, 2.75) is 39.4 Å². The second-order valence-electron chi connectivity index (χ2n) is 8.37. The lowest BCUT2D eigenvalue weighted by Crippen LogP contribution is -2.52. The van der Waals surface area contributed by atoms with E-state index < -0.39 is 39.3 Å². The molecule has 0 heterocycles. The number of nitrogens with one attached hydrogen (secondary N) is 1. The van der Waals surface area contributed by atoms with Crippen molar-refractivity contribution in [2.75, 3.05) is 24.2 Å². The molecule has 2 rings (SSSR count). The molecule has 0 aliphatic heterocycles. The molecule has 0 aliphatic carbocycles. The van der Waals surface area contributed by atoms with Crippen LogP contribution < -0.4 is 14.4 Å². The average Bonchev–Trinajstić information content (AvgIpc) is 2.78. The molecule has 13 heteroatoms. The first-order valence-corrected chi connectivity index (χ1v) is 13.1. The Bertz CT molecular complexity index is 1240. The summed E-state index contributed by atoms with van der Waals surface area (Å²) in [4.78, 5) is 38.2. The van der Waals surface area contributed by atoms with E-state index in [2.05, 4.69) is 5.32 Å². The van der Waals surface area contributed by atoms with Crippen LogP contribution in [0.5, 0.6) is 5.75 Å². The van der Waals surface area contributed by atoms with Gasteiger partial charge in [-0.1, -0.05) is 23.7 Å². The molecule has 1 unspecified atom stereocenters. The van der Waals surface area contributed by atoms with Gasteiger partial charge in [0, 0.05) is 29.7 Å². The fraction of sp³-hybridized carbons (Fsp3) is 0.391. The van der Waals surface area contributed by atoms with Crippen LogP contribution in [0.2, 0.25) is 5.02 Å². The summed E-state index contributed by atoms with van der Waals surface area (Å²) in [5.74, 6) is -1.12. The second-order valence-corrected chi connectivity index (χ2v) is 10.7. The Balaban J connectivity index is 2.52. The highest BCUT2D eigenvalue weighted by molar-refractivity contribution is 7.92. The highest BCUT2D eigenvalue weighted by Crippen LogP contribution is 2.34. The fourth-order valence-corrected chi connectivity index (χ4v) is 4.46. The minimum Gasteiger partial charge on any atom is -0.495 e. The Kier molecular flexibility index (Phi) is 9.65. The van der Waals surface area contributed by atoms with E-state index in [1.807, 2.05) is 0 Å². The van der Waals surface area contributed by atoms with Gasteiger partial charge in [0.1, 0.15) is 24.0 Å². The van der Waals surface area contributed by atoms with Crippen molar-refractivity contribution >= 4 is 44.8 Å². The number of hydrogen-bond donors (Lipinski definition) is 1. The molecule has 36 heavy (non-hydrogen) atoms. The summed E-state index contributed by atoms with van der Waals surface area (Å²) in [6.45, 7) is 4.31. The monoisotopic (exact) mass is 540 g/mol. The van der Waals surface area contributed by atoms with Gasteiger partial charge in [-0.05, 0) is 44.5 Å². The number of halogens is 1. The average molecular weight is 541 g/mol. The van der Waals surface area contributed by atoms with Crippen LogP contribution in [0.25, 0.3) is 0 Å². The van der Waals surface area contributed by atoms with Crippen molar-refractivity contribution in [3.05, 3.63) is 63.2 Å². The number of methoxy groups -OCH3 is 1. The van der Waals surface area contributed by atoms with E-state index in [0.29, 0.717) is 10.6 Å². The number of carbonyl (C=O) groups excluding carboxylic acids is 2. The number of carbonyl (C=O) groups is 2. The van der Waals surface area contributed by atoms with Gasteiger partial charge in [0.05, 0.1) is 18.3 Å². The molecule has 0 spiro atoms. The molecule has 2 aromatic carbocycles. The Morgan fingerprint density at radius 2 is 1.83 bits per heavy atom. The lowest BCUT2D eigenvalue weighted by Gasteiger charge is -2.32. The molecule has 0 saturated carbocycles. The molecule has 0 aromatic heterocycles. The van der Waals surface area contributed by atoms with Gasteiger partial charge in [0.2, 0.25) is 21.8 Å². The molecular weight excluding hydrogens is 512 g/mol. The highest BCUT2D eigenvalue weighted by Gasteiger charge is 2.32. The van der Waals surface area contributed by atoms with Crippen molar-refractivity contribution in [1.29, 1.82) is 0 Å². The number of hydrogen-bond acceptors (Lipinski definition) is 7. The van der Waals surface area contributed by atoms with Crippen LogP contribution in [-0.2, 0) is 26.2 Å². The predicted molar refractivity (Wildman–Crippen MR) is 137 cm³/mol. The molecule has 0 fully saturated rings. The normalized spacial score (nSPS) is 12.1. The van der Waals surface area contributed by atoms with Crippen molar-refractivity contribution in [3.8, 4) is 5.75 Å². The van der Waals surface area contributed by atoms with Gasteiger partial charge >= 0.3 is 0 Å². The summed E-state index contributed by atoms with van der Waals surface area (Å²) >= 11 is 6.08. The van der Waals surface area contributed by atoms with E-state index >= 15 is 0 Å². The number of rotatable bonds is 11. The van der Waals surface area contributed by atoms with Gasteiger partial charge in [-0.3, -0.25) is 24.0 Å². The van der Waals surface area contributed by atoms with Crippen LogP contribution in [-0.4, -0.2) is 62.0 Å². The standard InChI is InChI=1S/C23H29ClN4O7S/c1-15(2)25-23(30)16(3)26(13-17-7-6-8-18(24)11-17)22(29)14-27(36(5,33)34)20-12-19(28(31)32)9-10-21(20)35-4/h6-12,15-16H,13-14H2,1-5H3,(H,25,30). The zero-order chi connectivity index (χ0) is 27.2. The molecule has 1 N–H and O–H groups in total. The molecule has 0 saturated heterocycles. The third-order valence-electron chi connectivity index (χ3n) is 5.16. The minimum absolute atomic E-state index is 0.0193. The summed E-state index contributed by atoms with van der Waals surface area (Å²) in [6, 6.07) is 8.97. The molecular formula is C23H29ClN4O7S. The van der Waals surface area contributed by atoms with Crippen molar-refractivity contribution in [3.63, 3.8) is 0 Å². The number of nitrogens with zero attached hydrogens (tertiary/aromatic N) is 3. The highest BCUT2D eigenvalue weighted by atomic mass is 35.5. The molecule has 2 aromatic rings. The van der Waals surface area contributed by atoms with Crippen LogP contribution in [0.1, 0.15) is 26.3 Å².